The van der Waals surface area contributed by atoms with Crippen molar-refractivity contribution in [2.24, 2.45) is 0 Å². The largest absolute Gasteiger partial charge is 0.335 e. The smallest absolute Gasteiger partial charge is 0.315 e. The van der Waals surface area contributed by atoms with Gasteiger partial charge in [0.15, 0.2) is 0 Å². The molecule has 7 heteroatoms. The molecular formula is C10H19N3O3S. The summed E-state index contributed by atoms with van der Waals surface area (Å²) in [6.07, 6.45) is 4.94. The van der Waals surface area contributed by atoms with E-state index < -0.39 is 10.0 Å². The third kappa shape index (κ3) is 3.85. The highest BCUT2D eigenvalue weighted by molar-refractivity contribution is 7.88. The Morgan fingerprint density at radius 3 is 2.41 bits per heavy atom. The number of nitrogens with one attached hydrogen (secondary N) is 2. The predicted molar refractivity (Wildman–Crippen MR) is 64.1 cm³/mol. The Kier molecular flexibility index (Phi) is 3.58. The first-order chi connectivity index (χ1) is 7.95. The van der Waals surface area contributed by atoms with Crippen LogP contribution >= 0.6 is 0 Å². The molecule has 17 heavy (non-hydrogen) atoms. The maximum absolute atomic E-state index is 11.5. The average Bonchev–Trinajstić information content (AvgIpc) is 3.00. The van der Waals surface area contributed by atoms with Gasteiger partial charge >= 0.3 is 6.03 Å². The molecule has 1 atom stereocenters. The number of carbonyl (C=O) groups excluding carboxylic acids is 1. The highest BCUT2D eigenvalue weighted by Crippen LogP contribution is 2.18. The van der Waals surface area contributed by atoms with Gasteiger partial charge in [0, 0.05) is 25.2 Å². The van der Waals surface area contributed by atoms with Crippen LogP contribution in [0.4, 0.5) is 4.79 Å². The van der Waals surface area contributed by atoms with Crippen LogP contribution in [0.1, 0.15) is 25.7 Å². The molecule has 0 aromatic heterocycles. The van der Waals surface area contributed by atoms with Gasteiger partial charge in [-0.2, -0.15) is 0 Å². The van der Waals surface area contributed by atoms with E-state index in [1.807, 2.05) is 0 Å². The van der Waals surface area contributed by atoms with E-state index in [1.54, 1.807) is 0 Å². The lowest BCUT2D eigenvalue weighted by Gasteiger charge is -2.31. The van der Waals surface area contributed by atoms with E-state index in [9.17, 15) is 13.2 Å². The Morgan fingerprint density at radius 1 is 1.18 bits per heavy atom. The minimum Gasteiger partial charge on any atom is -0.335 e. The Morgan fingerprint density at radius 2 is 1.82 bits per heavy atom. The predicted octanol–water partition coefficient (Wildman–Crippen LogP) is -0.128. The van der Waals surface area contributed by atoms with E-state index in [2.05, 4.69) is 10.6 Å². The second kappa shape index (κ2) is 4.81. The van der Waals surface area contributed by atoms with Crippen LogP contribution in [-0.2, 0) is 10.0 Å². The fourth-order valence-electron chi connectivity index (χ4n) is 2.00. The van der Waals surface area contributed by atoms with Gasteiger partial charge in [0.1, 0.15) is 0 Å². The summed E-state index contributed by atoms with van der Waals surface area (Å²) in [5, 5.41) is 5.67. The summed E-state index contributed by atoms with van der Waals surface area (Å²) in [6.45, 7) is 0.943. The minimum atomic E-state index is -3.14. The molecule has 2 aliphatic rings. The normalized spacial score (nSPS) is 26.5. The SMILES string of the molecule is CS(=O)(=O)N1CCC[C@H](NC(=O)NC2CC2)C1. The molecule has 1 saturated heterocycles. The highest BCUT2D eigenvalue weighted by atomic mass is 32.2. The highest BCUT2D eigenvalue weighted by Gasteiger charge is 2.28. The first-order valence-corrected chi connectivity index (χ1v) is 7.82. The zero-order chi connectivity index (χ0) is 12.5. The van der Waals surface area contributed by atoms with E-state index in [1.165, 1.54) is 10.6 Å². The van der Waals surface area contributed by atoms with Crippen LogP contribution in [-0.4, -0.2) is 50.2 Å². The Hall–Kier alpha value is -0.820. The lowest BCUT2D eigenvalue weighted by molar-refractivity contribution is 0.225. The van der Waals surface area contributed by atoms with Crippen molar-refractivity contribution in [1.82, 2.24) is 14.9 Å². The van der Waals surface area contributed by atoms with Crippen molar-refractivity contribution in [3.63, 3.8) is 0 Å². The molecule has 2 N–H and O–H groups in total. The second-order valence-corrected chi connectivity index (χ2v) is 6.83. The quantitative estimate of drug-likeness (QED) is 0.743. The summed E-state index contributed by atoms with van der Waals surface area (Å²) in [6, 6.07) is 0.0784. The molecule has 0 aromatic carbocycles. The topological polar surface area (TPSA) is 78.5 Å². The Balaban J connectivity index is 1.82. The van der Waals surface area contributed by atoms with Gasteiger partial charge in [-0.25, -0.2) is 17.5 Å². The van der Waals surface area contributed by atoms with Gasteiger partial charge in [0.05, 0.1) is 6.26 Å². The summed E-state index contributed by atoms with van der Waals surface area (Å²) in [5.41, 5.74) is 0. The van der Waals surface area contributed by atoms with Gasteiger partial charge < -0.3 is 10.6 Å². The van der Waals surface area contributed by atoms with Gasteiger partial charge in [0.2, 0.25) is 10.0 Å². The molecule has 1 aliphatic heterocycles. The van der Waals surface area contributed by atoms with Gasteiger partial charge in [-0.15, -0.1) is 0 Å². The molecule has 0 spiro atoms. The summed E-state index contributed by atoms with van der Waals surface area (Å²) in [7, 11) is -3.14. The molecule has 0 aromatic rings. The maximum Gasteiger partial charge on any atom is 0.315 e. The number of hydrogen-bond acceptors (Lipinski definition) is 3. The van der Waals surface area contributed by atoms with E-state index in [0.29, 0.717) is 19.1 Å². The van der Waals surface area contributed by atoms with Crippen molar-refractivity contribution in [2.75, 3.05) is 19.3 Å². The molecule has 0 unspecified atom stereocenters. The summed E-state index contributed by atoms with van der Waals surface area (Å²) in [4.78, 5) is 11.5. The number of piperidine rings is 1. The monoisotopic (exact) mass is 261 g/mol. The van der Waals surface area contributed by atoms with Crippen LogP contribution in [0, 0.1) is 0 Å². The lowest BCUT2D eigenvalue weighted by atomic mass is 10.1. The average molecular weight is 261 g/mol. The second-order valence-electron chi connectivity index (χ2n) is 4.85. The molecule has 2 fully saturated rings. The summed E-state index contributed by atoms with van der Waals surface area (Å²) in [5.74, 6) is 0. The molecule has 0 radical (unpaired) electrons. The van der Waals surface area contributed by atoms with Crippen LogP contribution < -0.4 is 10.6 Å². The molecule has 2 rings (SSSR count). The first kappa shape index (κ1) is 12.6. The van der Waals surface area contributed by atoms with Gasteiger partial charge in [-0.1, -0.05) is 0 Å². The van der Waals surface area contributed by atoms with Crippen LogP contribution in [0.2, 0.25) is 0 Å². The fraction of sp³-hybridized carbons (Fsp3) is 0.900. The number of rotatable bonds is 3. The van der Waals surface area contributed by atoms with Crippen molar-refractivity contribution in [3.05, 3.63) is 0 Å². The van der Waals surface area contributed by atoms with Crippen molar-refractivity contribution >= 4 is 16.1 Å². The number of carbonyl (C=O) groups is 1. The van der Waals surface area contributed by atoms with Gasteiger partial charge in [-0.05, 0) is 25.7 Å². The van der Waals surface area contributed by atoms with E-state index in [4.69, 9.17) is 0 Å². The molecule has 1 heterocycles. The van der Waals surface area contributed by atoms with E-state index in [-0.39, 0.29) is 12.1 Å². The lowest BCUT2D eigenvalue weighted by Crippen LogP contribution is -2.51. The maximum atomic E-state index is 11.5. The van der Waals surface area contributed by atoms with Crippen LogP contribution in [0.3, 0.4) is 0 Å². The zero-order valence-electron chi connectivity index (χ0n) is 9.98. The molecule has 6 nitrogen and oxygen atoms in total. The first-order valence-electron chi connectivity index (χ1n) is 5.97. The molecule has 1 saturated carbocycles. The zero-order valence-corrected chi connectivity index (χ0v) is 10.8. The van der Waals surface area contributed by atoms with Crippen molar-refractivity contribution in [2.45, 2.75) is 37.8 Å². The Bertz CT molecular complexity index is 392. The van der Waals surface area contributed by atoms with Crippen LogP contribution in [0.25, 0.3) is 0 Å². The standard InChI is InChI=1S/C10H19N3O3S/c1-17(15,16)13-6-2-3-9(7-13)12-10(14)11-8-4-5-8/h8-9H,2-7H2,1H3,(H2,11,12,14)/t9-/m0/s1. The fourth-order valence-corrected chi connectivity index (χ4v) is 2.91. The van der Waals surface area contributed by atoms with Crippen molar-refractivity contribution < 1.29 is 13.2 Å². The van der Waals surface area contributed by atoms with Crippen LogP contribution in [0.5, 0.6) is 0 Å². The molecule has 1 aliphatic carbocycles. The molecule has 0 bridgehead atoms. The summed E-state index contributed by atoms with van der Waals surface area (Å²) < 4.78 is 24.2. The van der Waals surface area contributed by atoms with Gasteiger partial charge in [0.25, 0.3) is 0 Å². The van der Waals surface area contributed by atoms with Crippen molar-refractivity contribution in [1.29, 1.82) is 0 Å². The van der Waals surface area contributed by atoms with Gasteiger partial charge in [-0.3, -0.25) is 0 Å². The molecule has 2 amide bonds. The number of sulfonamides is 1. The molecule has 98 valence electrons. The van der Waals surface area contributed by atoms with E-state index >= 15 is 0 Å². The third-order valence-electron chi connectivity index (χ3n) is 3.10. The minimum absolute atomic E-state index is 0.0720. The van der Waals surface area contributed by atoms with Crippen LogP contribution in [0.15, 0.2) is 0 Å². The van der Waals surface area contributed by atoms with Crippen molar-refractivity contribution in [3.8, 4) is 0 Å². The number of hydrogen-bond donors (Lipinski definition) is 2. The third-order valence-corrected chi connectivity index (χ3v) is 4.37. The Labute approximate surface area is 102 Å². The molecular weight excluding hydrogens is 242 g/mol. The summed E-state index contributed by atoms with van der Waals surface area (Å²) >= 11 is 0. The van der Waals surface area contributed by atoms with E-state index in [0.717, 1.165) is 25.7 Å². The number of nitrogens with zero attached hydrogens (tertiary/aromatic N) is 1. The number of amides is 2. The number of urea groups is 1.